The van der Waals surface area contributed by atoms with Gasteiger partial charge in [-0.2, -0.15) is 10.5 Å². The quantitative estimate of drug-likeness (QED) is 0.453. The summed E-state index contributed by atoms with van der Waals surface area (Å²) in [5, 5.41) is 22.1. The van der Waals surface area contributed by atoms with Gasteiger partial charge in [0.25, 0.3) is 0 Å². The second kappa shape index (κ2) is 7.45. The summed E-state index contributed by atoms with van der Waals surface area (Å²) in [6.45, 7) is 0. The molecular weight excluding hydrogens is 342 g/mol. The normalized spacial score (nSPS) is 10.5. The Labute approximate surface area is 153 Å². The number of fused-ring (bicyclic) bond motifs is 2. The zero-order valence-corrected chi connectivity index (χ0v) is 14.2. The Bertz CT molecular complexity index is 1130. The van der Waals surface area contributed by atoms with Crippen molar-refractivity contribution in [2.75, 3.05) is 0 Å². The molecule has 0 bridgehead atoms. The van der Waals surface area contributed by atoms with Crippen molar-refractivity contribution in [1.29, 1.82) is 5.26 Å². The van der Waals surface area contributed by atoms with Gasteiger partial charge in [-0.25, -0.2) is 9.97 Å². The predicted octanol–water partition coefficient (Wildman–Crippen LogP) is 2.30. The fraction of sp³-hybridized carbons (Fsp3) is 0.111. The van der Waals surface area contributed by atoms with Crippen LogP contribution >= 0.6 is 0 Å². The van der Waals surface area contributed by atoms with Gasteiger partial charge in [0.15, 0.2) is 5.82 Å². The molecule has 3 heterocycles. The standard InChI is InChI=1S/C9H8N6.C9H7N3/c1-2-4-7-6(3-1)10-8(11-7)5-9-12-14-15-13-9;10-6-5-9-11-7-3-1-2-4-8(7)12-9/h1-4H,5H2,(H,10,11)(H,12,13,14,15);1-4H,5H2,(H,11,12). The SMILES string of the molecule is N#CCc1nc2ccccc2[nH]1.c1ccc2[nH]c(Cc3nn[nH]n3)nc2c1. The van der Waals surface area contributed by atoms with E-state index >= 15 is 0 Å². The molecule has 0 aliphatic rings. The molecule has 9 heteroatoms. The molecule has 0 aliphatic heterocycles. The molecule has 0 spiro atoms. The molecule has 0 aliphatic carbocycles. The average molecular weight is 357 g/mol. The number of benzene rings is 2. The van der Waals surface area contributed by atoms with Crippen LogP contribution in [0.15, 0.2) is 48.5 Å². The number of para-hydroxylation sites is 4. The van der Waals surface area contributed by atoms with Gasteiger partial charge >= 0.3 is 0 Å². The smallest absolute Gasteiger partial charge is 0.182 e. The predicted molar refractivity (Wildman–Crippen MR) is 98.5 cm³/mol. The lowest BCUT2D eigenvalue weighted by Gasteiger charge is -1.86. The van der Waals surface area contributed by atoms with Crippen LogP contribution in [0, 0.1) is 11.3 Å². The van der Waals surface area contributed by atoms with Crippen molar-refractivity contribution in [2.45, 2.75) is 12.8 Å². The summed E-state index contributed by atoms with van der Waals surface area (Å²) in [7, 11) is 0. The summed E-state index contributed by atoms with van der Waals surface area (Å²) in [5.41, 5.74) is 3.89. The number of nitrogens with one attached hydrogen (secondary N) is 3. The van der Waals surface area contributed by atoms with Gasteiger partial charge in [0.1, 0.15) is 11.6 Å². The molecule has 9 nitrogen and oxygen atoms in total. The van der Waals surface area contributed by atoms with Crippen molar-refractivity contribution in [1.82, 2.24) is 40.6 Å². The fourth-order valence-corrected chi connectivity index (χ4v) is 2.66. The minimum absolute atomic E-state index is 0.342. The highest BCUT2D eigenvalue weighted by atomic mass is 15.5. The number of tetrazole rings is 1. The largest absolute Gasteiger partial charge is 0.342 e. The van der Waals surface area contributed by atoms with E-state index in [1.165, 1.54) is 0 Å². The fourth-order valence-electron chi connectivity index (χ4n) is 2.66. The molecule has 0 saturated carbocycles. The zero-order chi connectivity index (χ0) is 18.5. The van der Waals surface area contributed by atoms with Gasteiger partial charge in [-0.05, 0) is 24.3 Å². The maximum Gasteiger partial charge on any atom is 0.182 e. The van der Waals surface area contributed by atoms with Crippen molar-refractivity contribution in [3.63, 3.8) is 0 Å². The molecule has 0 fully saturated rings. The molecule has 2 aromatic carbocycles. The van der Waals surface area contributed by atoms with Crippen molar-refractivity contribution >= 4 is 22.1 Å². The second-order valence-corrected chi connectivity index (χ2v) is 5.74. The minimum Gasteiger partial charge on any atom is -0.342 e. The Morgan fingerprint density at radius 2 is 1.48 bits per heavy atom. The lowest BCUT2D eigenvalue weighted by Crippen LogP contribution is -1.92. The van der Waals surface area contributed by atoms with E-state index in [0.29, 0.717) is 18.7 Å². The first-order chi connectivity index (χ1) is 13.3. The van der Waals surface area contributed by atoms with Crippen molar-refractivity contribution in [2.24, 2.45) is 0 Å². The van der Waals surface area contributed by atoms with Gasteiger partial charge in [-0.15, -0.1) is 10.2 Å². The van der Waals surface area contributed by atoms with Crippen LogP contribution < -0.4 is 0 Å². The molecule has 5 rings (SSSR count). The number of hydrogen-bond acceptors (Lipinski definition) is 6. The van der Waals surface area contributed by atoms with Crippen molar-refractivity contribution < 1.29 is 0 Å². The highest BCUT2D eigenvalue weighted by Crippen LogP contribution is 2.11. The van der Waals surface area contributed by atoms with Crippen LogP contribution in [0.5, 0.6) is 0 Å². The lowest BCUT2D eigenvalue weighted by atomic mass is 10.3. The summed E-state index contributed by atoms with van der Waals surface area (Å²) >= 11 is 0. The number of rotatable bonds is 3. The van der Waals surface area contributed by atoms with Gasteiger partial charge in [0, 0.05) is 0 Å². The first-order valence-electron chi connectivity index (χ1n) is 8.28. The summed E-state index contributed by atoms with van der Waals surface area (Å²) in [6.07, 6.45) is 0.903. The molecule has 0 unspecified atom stereocenters. The topological polar surface area (TPSA) is 136 Å². The molecule has 27 heavy (non-hydrogen) atoms. The minimum atomic E-state index is 0.342. The third-order valence-electron chi connectivity index (χ3n) is 3.84. The first-order valence-corrected chi connectivity index (χ1v) is 8.28. The number of aromatic nitrogens is 8. The maximum atomic E-state index is 8.43. The van der Waals surface area contributed by atoms with E-state index in [9.17, 15) is 0 Å². The number of nitrogens with zero attached hydrogens (tertiary/aromatic N) is 6. The van der Waals surface area contributed by atoms with Gasteiger partial charge < -0.3 is 9.97 Å². The second-order valence-electron chi connectivity index (χ2n) is 5.74. The van der Waals surface area contributed by atoms with Gasteiger partial charge in [-0.3, -0.25) is 0 Å². The molecule has 0 atom stereocenters. The van der Waals surface area contributed by atoms with Crippen LogP contribution in [0.2, 0.25) is 0 Å². The van der Waals surface area contributed by atoms with Crippen LogP contribution in [0.3, 0.4) is 0 Å². The molecule has 3 aromatic heterocycles. The maximum absolute atomic E-state index is 8.43. The number of hydrogen-bond donors (Lipinski definition) is 3. The summed E-state index contributed by atoms with van der Waals surface area (Å²) in [4.78, 5) is 14.9. The third kappa shape index (κ3) is 3.80. The third-order valence-corrected chi connectivity index (χ3v) is 3.84. The Morgan fingerprint density at radius 1 is 0.852 bits per heavy atom. The van der Waals surface area contributed by atoms with E-state index in [2.05, 4.69) is 46.6 Å². The number of imidazole rings is 2. The van der Waals surface area contributed by atoms with Crippen LogP contribution in [-0.2, 0) is 12.8 Å². The first kappa shape index (κ1) is 16.4. The Hall–Kier alpha value is -4.06. The molecular formula is C18H15N9. The van der Waals surface area contributed by atoms with E-state index in [0.717, 1.165) is 33.7 Å². The summed E-state index contributed by atoms with van der Waals surface area (Å²) < 4.78 is 0. The Morgan fingerprint density at radius 3 is 2.07 bits per heavy atom. The van der Waals surface area contributed by atoms with Crippen LogP contribution in [0.25, 0.3) is 22.1 Å². The highest BCUT2D eigenvalue weighted by Gasteiger charge is 2.05. The molecule has 0 amide bonds. The van der Waals surface area contributed by atoms with Crippen molar-refractivity contribution in [3.05, 3.63) is 66.0 Å². The lowest BCUT2D eigenvalue weighted by molar-refractivity contribution is 0.881. The zero-order valence-electron chi connectivity index (χ0n) is 14.2. The van der Waals surface area contributed by atoms with E-state index in [-0.39, 0.29) is 0 Å². The highest BCUT2D eigenvalue weighted by molar-refractivity contribution is 5.75. The monoisotopic (exact) mass is 357 g/mol. The van der Waals surface area contributed by atoms with E-state index < -0.39 is 0 Å². The average Bonchev–Trinajstić information content (AvgIpc) is 3.41. The van der Waals surface area contributed by atoms with E-state index in [1.54, 1.807) is 0 Å². The van der Waals surface area contributed by atoms with E-state index in [1.807, 2.05) is 48.5 Å². The molecule has 0 saturated heterocycles. The molecule has 3 N–H and O–H groups in total. The van der Waals surface area contributed by atoms with Crippen molar-refractivity contribution in [3.8, 4) is 6.07 Å². The molecule has 132 valence electrons. The van der Waals surface area contributed by atoms with E-state index in [4.69, 9.17) is 5.26 Å². The van der Waals surface area contributed by atoms with Gasteiger partial charge in [0.2, 0.25) is 0 Å². The number of nitriles is 1. The van der Waals surface area contributed by atoms with Gasteiger partial charge in [-0.1, -0.05) is 29.5 Å². The Kier molecular flexibility index (Phi) is 4.53. The van der Waals surface area contributed by atoms with Gasteiger partial charge in [0.05, 0.1) is 41.0 Å². The van der Waals surface area contributed by atoms with Crippen LogP contribution in [0.4, 0.5) is 0 Å². The molecule has 5 aromatic rings. The molecule has 0 radical (unpaired) electrons. The van der Waals surface area contributed by atoms with Crippen LogP contribution in [0.1, 0.15) is 17.5 Å². The van der Waals surface area contributed by atoms with Crippen LogP contribution in [-0.4, -0.2) is 40.6 Å². The number of H-pyrrole nitrogens is 3. The number of aromatic amines is 3. The Balaban J connectivity index is 0.000000137. The summed E-state index contributed by atoms with van der Waals surface area (Å²) in [6, 6.07) is 17.7. The summed E-state index contributed by atoms with van der Waals surface area (Å²) in [5.74, 6) is 2.21.